The van der Waals surface area contributed by atoms with Crippen LogP contribution in [-0.2, 0) is 0 Å². The zero-order valence-corrected chi connectivity index (χ0v) is 9.40. The third-order valence-corrected chi connectivity index (χ3v) is 2.87. The SMILES string of the molecule is CCC1c2ccccc2C(=O)N1N(C)C. The Bertz CT molecular complexity index is 387. The first-order valence-electron chi connectivity index (χ1n) is 5.26. The first kappa shape index (κ1) is 10.2. The molecule has 2 rings (SSSR count). The van der Waals surface area contributed by atoms with E-state index in [4.69, 9.17) is 0 Å². The largest absolute Gasteiger partial charge is 0.269 e. The molecule has 3 nitrogen and oxygen atoms in total. The molecule has 80 valence electrons. The fraction of sp³-hybridized carbons (Fsp3) is 0.417. The van der Waals surface area contributed by atoms with Crippen LogP contribution in [0.5, 0.6) is 0 Å². The second kappa shape index (κ2) is 3.66. The van der Waals surface area contributed by atoms with Crippen LogP contribution < -0.4 is 0 Å². The Hall–Kier alpha value is -1.35. The maximum Gasteiger partial charge on any atom is 0.269 e. The Morgan fingerprint density at radius 1 is 1.33 bits per heavy atom. The second-order valence-corrected chi connectivity index (χ2v) is 4.01. The standard InChI is InChI=1S/C12H16N2O/c1-4-11-9-7-5-6-8-10(9)12(15)14(11)13(2)3/h5-8,11H,4H2,1-3H3. The van der Waals surface area contributed by atoms with Crippen molar-refractivity contribution in [2.24, 2.45) is 0 Å². The number of carbonyl (C=O) groups is 1. The lowest BCUT2D eigenvalue weighted by molar-refractivity contribution is 0.00172. The number of hydrogen-bond acceptors (Lipinski definition) is 2. The normalized spacial score (nSPS) is 19.9. The summed E-state index contributed by atoms with van der Waals surface area (Å²) in [5.41, 5.74) is 2.00. The zero-order valence-electron chi connectivity index (χ0n) is 9.40. The van der Waals surface area contributed by atoms with Gasteiger partial charge in [-0.15, -0.1) is 0 Å². The van der Waals surface area contributed by atoms with Gasteiger partial charge >= 0.3 is 0 Å². The summed E-state index contributed by atoms with van der Waals surface area (Å²) >= 11 is 0. The number of hydrazine groups is 1. The molecule has 0 fully saturated rings. The molecular weight excluding hydrogens is 188 g/mol. The van der Waals surface area contributed by atoms with Crippen molar-refractivity contribution in [3.05, 3.63) is 35.4 Å². The Labute approximate surface area is 90.3 Å². The molecule has 15 heavy (non-hydrogen) atoms. The van der Waals surface area contributed by atoms with E-state index in [-0.39, 0.29) is 11.9 Å². The van der Waals surface area contributed by atoms with Gasteiger partial charge in [0.1, 0.15) is 0 Å². The highest BCUT2D eigenvalue weighted by atomic mass is 16.2. The summed E-state index contributed by atoms with van der Waals surface area (Å²) in [6.45, 7) is 2.11. The molecule has 1 aliphatic heterocycles. The predicted molar refractivity (Wildman–Crippen MR) is 59.3 cm³/mol. The van der Waals surface area contributed by atoms with Crippen molar-refractivity contribution in [1.82, 2.24) is 10.0 Å². The Balaban J connectivity index is 2.48. The van der Waals surface area contributed by atoms with Gasteiger partial charge in [-0.2, -0.15) is 0 Å². The van der Waals surface area contributed by atoms with Gasteiger partial charge in [0.05, 0.1) is 6.04 Å². The van der Waals surface area contributed by atoms with Crippen LogP contribution in [0.25, 0.3) is 0 Å². The number of fused-ring (bicyclic) bond motifs is 1. The molecule has 1 aromatic carbocycles. The number of benzene rings is 1. The number of amides is 1. The van der Waals surface area contributed by atoms with E-state index in [9.17, 15) is 4.79 Å². The topological polar surface area (TPSA) is 23.6 Å². The van der Waals surface area contributed by atoms with Gasteiger partial charge in [-0.1, -0.05) is 25.1 Å². The summed E-state index contributed by atoms with van der Waals surface area (Å²) in [4.78, 5) is 12.1. The molecule has 1 atom stereocenters. The molecule has 0 aromatic heterocycles. The number of carbonyl (C=O) groups excluding carboxylic acids is 1. The molecule has 3 heteroatoms. The number of nitrogens with zero attached hydrogens (tertiary/aromatic N) is 2. The van der Waals surface area contributed by atoms with Crippen molar-refractivity contribution in [1.29, 1.82) is 0 Å². The van der Waals surface area contributed by atoms with Crippen LogP contribution in [0.1, 0.15) is 35.3 Å². The lowest BCUT2D eigenvalue weighted by Gasteiger charge is -2.30. The van der Waals surface area contributed by atoms with Crippen molar-refractivity contribution >= 4 is 5.91 Å². The first-order valence-corrected chi connectivity index (χ1v) is 5.26. The molecule has 1 aliphatic rings. The highest BCUT2D eigenvalue weighted by Gasteiger charge is 2.36. The summed E-state index contributed by atoms with van der Waals surface area (Å²) in [5.74, 6) is 0.113. The highest BCUT2D eigenvalue weighted by Crippen LogP contribution is 2.35. The molecule has 0 spiro atoms. The minimum atomic E-state index is 0.113. The molecule has 0 N–H and O–H groups in total. The molecule has 1 unspecified atom stereocenters. The monoisotopic (exact) mass is 204 g/mol. The lowest BCUT2D eigenvalue weighted by Crippen LogP contribution is -2.39. The third-order valence-electron chi connectivity index (χ3n) is 2.87. The van der Waals surface area contributed by atoms with Gasteiger partial charge in [0.25, 0.3) is 5.91 Å². The average molecular weight is 204 g/mol. The van der Waals surface area contributed by atoms with Gasteiger partial charge in [-0.05, 0) is 18.1 Å². The lowest BCUT2D eigenvalue weighted by atomic mass is 10.0. The van der Waals surface area contributed by atoms with E-state index in [0.717, 1.165) is 17.5 Å². The number of hydrogen-bond donors (Lipinski definition) is 0. The van der Waals surface area contributed by atoms with E-state index in [0.29, 0.717) is 0 Å². The fourth-order valence-electron chi connectivity index (χ4n) is 2.23. The van der Waals surface area contributed by atoms with Crippen LogP contribution in [0, 0.1) is 0 Å². The van der Waals surface area contributed by atoms with Crippen molar-refractivity contribution < 1.29 is 4.79 Å². The molecule has 1 aromatic rings. The minimum absolute atomic E-state index is 0.113. The summed E-state index contributed by atoms with van der Waals surface area (Å²) in [6, 6.07) is 8.06. The van der Waals surface area contributed by atoms with Gasteiger partial charge < -0.3 is 0 Å². The molecule has 1 heterocycles. The average Bonchev–Trinajstić information content (AvgIpc) is 2.52. The van der Waals surface area contributed by atoms with E-state index in [1.807, 2.05) is 48.4 Å². The predicted octanol–water partition coefficient (Wildman–Crippen LogP) is 2.07. The van der Waals surface area contributed by atoms with E-state index < -0.39 is 0 Å². The molecule has 0 saturated carbocycles. The zero-order chi connectivity index (χ0) is 11.0. The van der Waals surface area contributed by atoms with E-state index >= 15 is 0 Å². The van der Waals surface area contributed by atoms with Gasteiger partial charge in [0, 0.05) is 19.7 Å². The minimum Gasteiger partial charge on any atom is -0.268 e. The molecule has 0 aliphatic carbocycles. The Morgan fingerprint density at radius 3 is 2.60 bits per heavy atom. The van der Waals surface area contributed by atoms with E-state index in [1.54, 1.807) is 0 Å². The van der Waals surface area contributed by atoms with Crippen LogP contribution in [0.2, 0.25) is 0 Å². The molecule has 0 saturated heterocycles. The van der Waals surface area contributed by atoms with Gasteiger partial charge in [0.15, 0.2) is 0 Å². The second-order valence-electron chi connectivity index (χ2n) is 4.01. The summed E-state index contributed by atoms with van der Waals surface area (Å²) < 4.78 is 0. The van der Waals surface area contributed by atoms with Crippen LogP contribution in [0.4, 0.5) is 0 Å². The van der Waals surface area contributed by atoms with Crippen LogP contribution in [0.3, 0.4) is 0 Å². The number of rotatable bonds is 2. The maximum absolute atomic E-state index is 12.1. The van der Waals surface area contributed by atoms with E-state index in [2.05, 4.69) is 6.92 Å². The van der Waals surface area contributed by atoms with Crippen molar-refractivity contribution in [2.75, 3.05) is 14.1 Å². The molecule has 1 amide bonds. The summed E-state index contributed by atoms with van der Waals surface area (Å²) in [7, 11) is 3.82. The molecule has 0 radical (unpaired) electrons. The van der Waals surface area contributed by atoms with Crippen LogP contribution in [0.15, 0.2) is 24.3 Å². The van der Waals surface area contributed by atoms with Gasteiger partial charge in [-0.3, -0.25) is 9.80 Å². The Kier molecular flexibility index (Phi) is 2.49. The van der Waals surface area contributed by atoms with Gasteiger partial charge in [0.2, 0.25) is 0 Å². The van der Waals surface area contributed by atoms with Crippen molar-refractivity contribution in [2.45, 2.75) is 19.4 Å². The fourth-order valence-corrected chi connectivity index (χ4v) is 2.23. The molecular formula is C12H16N2O. The molecule has 0 bridgehead atoms. The first-order chi connectivity index (χ1) is 7.16. The quantitative estimate of drug-likeness (QED) is 0.736. The maximum atomic E-state index is 12.1. The third kappa shape index (κ3) is 1.43. The smallest absolute Gasteiger partial charge is 0.268 e. The van der Waals surface area contributed by atoms with Crippen molar-refractivity contribution in [3.63, 3.8) is 0 Å². The summed E-state index contributed by atoms with van der Waals surface area (Å²) in [5, 5.41) is 3.70. The Morgan fingerprint density at radius 2 is 2.00 bits per heavy atom. The van der Waals surface area contributed by atoms with Crippen molar-refractivity contribution in [3.8, 4) is 0 Å². The highest BCUT2D eigenvalue weighted by molar-refractivity contribution is 5.98. The van der Waals surface area contributed by atoms with E-state index in [1.165, 1.54) is 0 Å². The van der Waals surface area contributed by atoms with Crippen LogP contribution in [-0.4, -0.2) is 30.0 Å². The van der Waals surface area contributed by atoms with Gasteiger partial charge in [-0.25, -0.2) is 5.01 Å². The summed E-state index contributed by atoms with van der Waals surface area (Å²) in [6.07, 6.45) is 0.945. The van der Waals surface area contributed by atoms with Crippen LogP contribution >= 0.6 is 0 Å².